The zero-order valence-electron chi connectivity index (χ0n) is 18.6. The first-order valence-corrected chi connectivity index (χ1v) is 10.4. The van der Waals surface area contributed by atoms with Gasteiger partial charge in [0.05, 0.1) is 16.9 Å². The first-order chi connectivity index (χ1) is 17.1. The second kappa shape index (κ2) is 12.7. The van der Waals surface area contributed by atoms with E-state index in [4.69, 9.17) is 9.84 Å². The van der Waals surface area contributed by atoms with E-state index in [0.717, 1.165) is 0 Å². The van der Waals surface area contributed by atoms with E-state index in [1.165, 1.54) is 60.7 Å². The molecule has 2 rings (SSSR count). The number of aliphatic imine (C=N–C) groups is 2. The third-order valence-corrected chi connectivity index (χ3v) is 5.12. The van der Waals surface area contributed by atoms with Gasteiger partial charge in [0.15, 0.2) is 12.1 Å². The number of nitrogens with zero attached hydrogens (tertiary/aromatic N) is 2. The minimum Gasteiger partial charge on any atom is -0.481 e. The van der Waals surface area contributed by atoms with Crippen LogP contribution in [0.4, 0.5) is 11.4 Å². The number of carbonyl (C=O) groups excluding carboxylic acids is 5. The molecule has 0 spiro atoms. The molecule has 0 radical (unpaired) electrons. The SMILES string of the molecule is O=C=Nc1ccc(C(=O)OC(=O)C(CCCC(=O)O)(CC(O)O)C(=O)c2ccc(N=C=O)cc2)cc1. The lowest BCUT2D eigenvalue weighted by Crippen LogP contribution is -2.44. The highest BCUT2D eigenvalue weighted by Crippen LogP contribution is 2.37. The average Bonchev–Trinajstić information content (AvgIpc) is 2.83. The van der Waals surface area contributed by atoms with Crippen LogP contribution in [0.5, 0.6) is 0 Å². The number of Topliss-reactive ketones (excluding diaryl/α,β-unsaturated/α-hetero) is 1. The number of isocyanates is 2. The van der Waals surface area contributed by atoms with Gasteiger partial charge in [-0.05, 0) is 61.4 Å². The molecule has 36 heavy (non-hydrogen) atoms. The number of carboxylic acids is 1. The molecule has 0 aliphatic heterocycles. The number of ketones is 1. The number of hydrogen-bond acceptors (Lipinski definition) is 11. The Bertz CT molecular complexity index is 1220. The predicted octanol–water partition coefficient (Wildman–Crippen LogP) is 2.13. The van der Waals surface area contributed by atoms with E-state index < -0.39 is 54.7 Å². The maximum absolute atomic E-state index is 13.5. The Morgan fingerprint density at radius 1 is 0.861 bits per heavy atom. The molecule has 12 nitrogen and oxygen atoms in total. The Balaban J connectivity index is 2.46. The summed E-state index contributed by atoms with van der Waals surface area (Å²) in [5.74, 6) is -4.78. The van der Waals surface area contributed by atoms with Gasteiger partial charge in [-0.2, -0.15) is 9.98 Å². The standard InChI is InChI=1S/C24H20N2O10/c27-13-25-17-7-3-15(4-8-17)21(33)24(12-20(31)32,11-1-2-19(29)30)23(35)36-22(34)16-5-9-18(10-6-16)26-14-28/h3-10,20,31-32H,1-2,11-12H2,(H,29,30). The first kappa shape index (κ1) is 27.6. The molecule has 0 saturated heterocycles. The van der Waals surface area contributed by atoms with Gasteiger partial charge in [0, 0.05) is 18.4 Å². The van der Waals surface area contributed by atoms with Gasteiger partial charge in [0.25, 0.3) is 0 Å². The Labute approximate surface area is 203 Å². The van der Waals surface area contributed by atoms with Crippen molar-refractivity contribution in [3.8, 4) is 0 Å². The van der Waals surface area contributed by atoms with Gasteiger partial charge in [-0.1, -0.05) is 0 Å². The summed E-state index contributed by atoms with van der Waals surface area (Å²) in [7, 11) is 0. The number of aliphatic hydroxyl groups excluding tert-OH is 1. The van der Waals surface area contributed by atoms with E-state index in [2.05, 4.69) is 9.98 Å². The van der Waals surface area contributed by atoms with Crippen LogP contribution in [0.3, 0.4) is 0 Å². The monoisotopic (exact) mass is 496 g/mol. The number of benzene rings is 2. The number of aliphatic hydroxyl groups is 2. The molecule has 0 saturated carbocycles. The Morgan fingerprint density at radius 2 is 1.36 bits per heavy atom. The van der Waals surface area contributed by atoms with Gasteiger partial charge in [-0.25, -0.2) is 14.4 Å². The minimum absolute atomic E-state index is 0.115. The van der Waals surface area contributed by atoms with Crippen molar-refractivity contribution in [2.24, 2.45) is 15.4 Å². The molecule has 0 bridgehead atoms. The Kier molecular flexibility index (Phi) is 9.79. The van der Waals surface area contributed by atoms with Crippen molar-refractivity contribution < 1.29 is 48.8 Å². The number of rotatable bonds is 12. The third kappa shape index (κ3) is 7.20. The lowest BCUT2D eigenvalue weighted by molar-refractivity contribution is -0.154. The fraction of sp³-hybridized carbons (Fsp3) is 0.250. The highest BCUT2D eigenvalue weighted by atomic mass is 16.6. The lowest BCUT2D eigenvalue weighted by Gasteiger charge is -2.30. The van der Waals surface area contributed by atoms with Gasteiger partial charge in [-0.3, -0.25) is 14.4 Å². The molecule has 2 aromatic rings. The molecule has 1 unspecified atom stereocenters. The summed E-state index contributed by atoms with van der Waals surface area (Å²) < 4.78 is 4.92. The van der Waals surface area contributed by atoms with Crippen LogP contribution < -0.4 is 0 Å². The van der Waals surface area contributed by atoms with Gasteiger partial charge in [0.1, 0.15) is 5.41 Å². The number of aliphatic carboxylic acids is 1. The second-order valence-electron chi connectivity index (χ2n) is 7.52. The van der Waals surface area contributed by atoms with Crippen LogP contribution >= 0.6 is 0 Å². The fourth-order valence-corrected chi connectivity index (χ4v) is 3.42. The summed E-state index contributed by atoms with van der Waals surface area (Å²) >= 11 is 0. The third-order valence-electron chi connectivity index (χ3n) is 5.12. The van der Waals surface area contributed by atoms with E-state index in [0.29, 0.717) is 0 Å². The minimum atomic E-state index is -2.34. The highest BCUT2D eigenvalue weighted by molar-refractivity contribution is 6.15. The molecule has 0 amide bonds. The van der Waals surface area contributed by atoms with Crippen LogP contribution in [0, 0.1) is 5.41 Å². The molecular formula is C24H20N2O10. The van der Waals surface area contributed by atoms with E-state index in [9.17, 15) is 39.0 Å². The molecule has 0 aliphatic carbocycles. The van der Waals surface area contributed by atoms with Gasteiger partial charge in [0.2, 0.25) is 12.2 Å². The van der Waals surface area contributed by atoms with Gasteiger partial charge < -0.3 is 20.1 Å². The van der Waals surface area contributed by atoms with E-state index in [1.54, 1.807) is 0 Å². The van der Waals surface area contributed by atoms with E-state index >= 15 is 0 Å². The number of carbonyl (C=O) groups is 4. The maximum Gasteiger partial charge on any atom is 0.345 e. The van der Waals surface area contributed by atoms with Crippen LogP contribution in [-0.2, 0) is 23.9 Å². The highest BCUT2D eigenvalue weighted by Gasteiger charge is 2.49. The normalized spacial score (nSPS) is 12.0. The molecule has 0 aromatic heterocycles. The summed E-state index contributed by atoms with van der Waals surface area (Å²) in [6.07, 6.45) is -1.61. The van der Waals surface area contributed by atoms with Crippen LogP contribution in [0.2, 0.25) is 0 Å². The summed E-state index contributed by atoms with van der Waals surface area (Å²) in [4.78, 5) is 77.8. The molecule has 0 fully saturated rings. The van der Waals surface area contributed by atoms with Crippen molar-refractivity contribution in [2.75, 3.05) is 0 Å². The van der Waals surface area contributed by atoms with Crippen molar-refractivity contribution in [3.05, 3.63) is 59.7 Å². The summed E-state index contributed by atoms with van der Waals surface area (Å²) in [5, 5.41) is 28.4. The molecule has 0 aliphatic rings. The second-order valence-corrected chi connectivity index (χ2v) is 7.52. The molecule has 186 valence electrons. The van der Waals surface area contributed by atoms with Gasteiger partial charge in [-0.15, -0.1) is 0 Å². The first-order valence-electron chi connectivity index (χ1n) is 10.4. The smallest absolute Gasteiger partial charge is 0.345 e. The van der Waals surface area contributed by atoms with Crippen LogP contribution in [-0.4, -0.2) is 57.5 Å². The Morgan fingerprint density at radius 3 is 1.81 bits per heavy atom. The average molecular weight is 496 g/mol. The zero-order valence-corrected chi connectivity index (χ0v) is 18.6. The molecular weight excluding hydrogens is 476 g/mol. The van der Waals surface area contributed by atoms with Crippen LogP contribution in [0.1, 0.15) is 46.4 Å². The van der Waals surface area contributed by atoms with E-state index in [-0.39, 0.29) is 28.9 Å². The molecule has 0 heterocycles. The molecule has 12 heteroatoms. The summed E-state index contributed by atoms with van der Waals surface area (Å²) in [6, 6.07) is 9.94. The number of carboxylic acid groups (broad SMARTS) is 1. The molecule has 3 N–H and O–H groups in total. The maximum atomic E-state index is 13.5. The number of hydrogen-bond donors (Lipinski definition) is 3. The largest absolute Gasteiger partial charge is 0.481 e. The van der Waals surface area contributed by atoms with Crippen LogP contribution in [0.15, 0.2) is 58.5 Å². The lowest BCUT2D eigenvalue weighted by atomic mass is 9.73. The molecule has 1 atom stereocenters. The quantitative estimate of drug-likeness (QED) is 0.0977. The fourth-order valence-electron chi connectivity index (χ4n) is 3.42. The van der Waals surface area contributed by atoms with Crippen LogP contribution in [0.25, 0.3) is 0 Å². The topological polar surface area (TPSA) is 197 Å². The van der Waals surface area contributed by atoms with Gasteiger partial charge >= 0.3 is 17.9 Å². The van der Waals surface area contributed by atoms with Crippen molar-refractivity contribution in [1.82, 2.24) is 0 Å². The molecule has 2 aromatic carbocycles. The number of ether oxygens (including phenoxy) is 1. The zero-order chi connectivity index (χ0) is 26.7. The summed E-state index contributed by atoms with van der Waals surface area (Å²) in [5.41, 5.74) is -2.26. The summed E-state index contributed by atoms with van der Waals surface area (Å²) in [6.45, 7) is 0. The van der Waals surface area contributed by atoms with Crippen molar-refractivity contribution in [1.29, 1.82) is 0 Å². The Hall–Kier alpha value is -4.60. The van der Waals surface area contributed by atoms with Crippen molar-refractivity contribution in [3.63, 3.8) is 0 Å². The van der Waals surface area contributed by atoms with Crippen molar-refractivity contribution in [2.45, 2.75) is 32.0 Å². The van der Waals surface area contributed by atoms with E-state index in [1.807, 2.05) is 0 Å². The predicted molar refractivity (Wildman–Crippen MR) is 120 cm³/mol. The number of esters is 2. The van der Waals surface area contributed by atoms with Crippen molar-refractivity contribution >= 4 is 47.2 Å².